The molecule has 0 bridgehead atoms. The highest BCUT2D eigenvalue weighted by atomic mass is 16.6. The lowest BCUT2D eigenvalue weighted by Gasteiger charge is -2.02. The van der Waals surface area contributed by atoms with Crippen molar-refractivity contribution in [3.8, 4) is 11.4 Å². The molecule has 0 saturated carbocycles. The summed E-state index contributed by atoms with van der Waals surface area (Å²) < 4.78 is 17.0. The van der Waals surface area contributed by atoms with Gasteiger partial charge in [-0.25, -0.2) is 9.48 Å². The number of benzene rings is 1. The Labute approximate surface area is 115 Å². The van der Waals surface area contributed by atoms with Gasteiger partial charge in [-0.3, -0.25) is 0 Å². The van der Waals surface area contributed by atoms with Gasteiger partial charge in [-0.05, 0) is 12.1 Å². The van der Waals surface area contributed by atoms with Gasteiger partial charge >= 0.3 is 5.97 Å². The van der Waals surface area contributed by atoms with Crippen LogP contribution in [0.2, 0.25) is 0 Å². The predicted octanol–water partition coefficient (Wildman–Crippen LogP) is 1.44. The van der Waals surface area contributed by atoms with Crippen LogP contribution in [0.25, 0.3) is 5.69 Å². The van der Waals surface area contributed by atoms with E-state index in [9.17, 15) is 4.79 Å². The van der Waals surface area contributed by atoms with E-state index >= 15 is 0 Å². The molecule has 1 aromatic carbocycles. The second kappa shape index (κ2) is 5.34. The van der Waals surface area contributed by atoms with Gasteiger partial charge in [-0.2, -0.15) is 5.10 Å². The Kier molecular flexibility index (Phi) is 3.39. The maximum absolute atomic E-state index is 11.7. The van der Waals surface area contributed by atoms with E-state index in [4.69, 9.17) is 14.2 Å². The monoisotopic (exact) mass is 274 g/mol. The van der Waals surface area contributed by atoms with Gasteiger partial charge in [0.1, 0.15) is 12.7 Å². The second-order valence-electron chi connectivity index (χ2n) is 4.38. The molecule has 0 radical (unpaired) electrons. The number of para-hydroxylation sites is 1. The highest BCUT2D eigenvalue weighted by Crippen LogP contribution is 2.22. The summed E-state index contributed by atoms with van der Waals surface area (Å²) >= 11 is 0. The Morgan fingerprint density at radius 3 is 2.85 bits per heavy atom. The van der Waals surface area contributed by atoms with Crippen LogP contribution < -0.4 is 4.74 Å². The summed E-state index contributed by atoms with van der Waals surface area (Å²) in [5, 5.41) is 4.23. The van der Waals surface area contributed by atoms with Gasteiger partial charge in [0.05, 0.1) is 25.6 Å². The number of epoxide rings is 1. The molecule has 2 heterocycles. The van der Waals surface area contributed by atoms with Gasteiger partial charge in [0.25, 0.3) is 0 Å². The lowest BCUT2D eigenvalue weighted by molar-refractivity contribution is 0.0588. The minimum atomic E-state index is -0.522. The summed E-state index contributed by atoms with van der Waals surface area (Å²) in [6.45, 7) is 1.10. The molecule has 6 heteroatoms. The van der Waals surface area contributed by atoms with Crippen molar-refractivity contribution in [3.05, 3.63) is 42.2 Å². The molecule has 1 aliphatic rings. The molecule has 3 rings (SSSR count). The van der Waals surface area contributed by atoms with Gasteiger partial charge in [-0.15, -0.1) is 0 Å². The Bertz CT molecular complexity index is 605. The Morgan fingerprint density at radius 2 is 2.20 bits per heavy atom. The molecule has 6 nitrogen and oxygen atoms in total. The van der Waals surface area contributed by atoms with Crippen LogP contribution in [0.5, 0.6) is 5.75 Å². The standard InChI is InChI=1S/C14H14N2O4/c1-18-14(17)13-12(20-9-11-8-19-11)7-16(15-13)10-5-3-2-4-6-10/h2-7,11H,8-9H2,1H3. The number of carbonyl (C=O) groups is 1. The van der Waals surface area contributed by atoms with E-state index in [0.717, 1.165) is 5.69 Å². The number of hydrogen-bond donors (Lipinski definition) is 0. The number of ether oxygens (including phenoxy) is 3. The van der Waals surface area contributed by atoms with Crippen LogP contribution in [0.15, 0.2) is 36.5 Å². The van der Waals surface area contributed by atoms with Gasteiger partial charge < -0.3 is 14.2 Å². The SMILES string of the molecule is COC(=O)c1nn(-c2ccccc2)cc1OCC1CO1. The molecule has 104 valence electrons. The first-order valence-electron chi connectivity index (χ1n) is 6.25. The second-order valence-corrected chi connectivity index (χ2v) is 4.38. The Morgan fingerprint density at radius 1 is 1.45 bits per heavy atom. The molecule has 0 aliphatic carbocycles. The Balaban J connectivity index is 1.89. The van der Waals surface area contributed by atoms with E-state index in [0.29, 0.717) is 19.0 Å². The molecule has 20 heavy (non-hydrogen) atoms. The summed E-state index contributed by atoms with van der Waals surface area (Å²) in [5.74, 6) is -0.123. The summed E-state index contributed by atoms with van der Waals surface area (Å²) in [5.41, 5.74) is 1.01. The number of nitrogens with zero attached hydrogens (tertiary/aromatic N) is 2. The van der Waals surface area contributed by atoms with Crippen LogP contribution in [0.4, 0.5) is 0 Å². The largest absolute Gasteiger partial charge is 0.487 e. The van der Waals surface area contributed by atoms with Crippen molar-refractivity contribution in [2.45, 2.75) is 6.10 Å². The molecule has 0 spiro atoms. The lowest BCUT2D eigenvalue weighted by Crippen LogP contribution is -2.09. The smallest absolute Gasteiger partial charge is 0.362 e. The molecule has 1 aromatic heterocycles. The Hall–Kier alpha value is -2.34. The zero-order chi connectivity index (χ0) is 13.9. The first kappa shape index (κ1) is 12.7. The molecule has 0 amide bonds. The van der Waals surface area contributed by atoms with E-state index in [1.807, 2.05) is 30.3 Å². The van der Waals surface area contributed by atoms with E-state index < -0.39 is 5.97 Å². The third-order valence-corrected chi connectivity index (χ3v) is 2.91. The van der Waals surface area contributed by atoms with Crippen molar-refractivity contribution in [2.75, 3.05) is 20.3 Å². The van der Waals surface area contributed by atoms with Gasteiger partial charge in [0, 0.05) is 0 Å². The van der Waals surface area contributed by atoms with Gasteiger partial charge in [0.2, 0.25) is 5.69 Å². The molecule has 1 aliphatic heterocycles. The number of rotatable bonds is 5. The highest BCUT2D eigenvalue weighted by molar-refractivity contribution is 5.90. The van der Waals surface area contributed by atoms with E-state index in [1.165, 1.54) is 7.11 Å². The van der Waals surface area contributed by atoms with Crippen LogP contribution in [-0.4, -0.2) is 42.2 Å². The third kappa shape index (κ3) is 2.65. The first-order chi connectivity index (χ1) is 9.78. The molecular formula is C14H14N2O4. The fraction of sp³-hybridized carbons (Fsp3) is 0.286. The van der Waals surface area contributed by atoms with Crippen molar-refractivity contribution in [2.24, 2.45) is 0 Å². The van der Waals surface area contributed by atoms with E-state index in [2.05, 4.69) is 5.10 Å². The molecule has 1 fully saturated rings. The van der Waals surface area contributed by atoms with Crippen molar-refractivity contribution in [1.82, 2.24) is 9.78 Å². The topological polar surface area (TPSA) is 65.9 Å². The lowest BCUT2D eigenvalue weighted by atomic mass is 10.3. The zero-order valence-electron chi connectivity index (χ0n) is 11.0. The maximum Gasteiger partial charge on any atom is 0.362 e. The van der Waals surface area contributed by atoms with Gasteiger partial charge in [-0.1, -0.05) is 18.2 Å². The van der Waals surface area contributed by atoms with Crippen LogP contribution in [0, 0.1) is 0 Å². The normalized spacial score (nSPS) is 16.8. The molecule has 1 atom stereocenters. The van der Waals surface area contributed by atoms with E-state index in [1.54, 1.807) is 10.9 Å². The summed E-state index contributed by atoms with van der Waals surface area (Å²) in [6, 6.07) is 9.49. The summed E-state index contributed by atoms with van der Waals surface area (Å²) in [4.78, 5) is 11.7. The minimum Gasteiger partial charge on any atom is -0.487 e. The third-order valence-electron chi connectivity index (χ3n) is 2.91. The summed E-state index contributed by atoms with van der Waals surface area (Å²) in [6.07, 6.45) is 1.78. The summed E-state index contributed by atoms with van der Waals surface area (Å²) in [7, 11) is 1.32. The van der Waals surface area contributed by atoms with Crippen LogP contribution in [0.1, 0.15) is 10.5 Å². The van der Waals surface area contributed by atoms with Crippen molar-refractivity contribution in [1.29, 1.82) is 0 Å². The number of hydrogen-bond acceptors (Lipinski definition) is 5. The molecule has 0 N–H and O–H groups in total. The van der Waals surface area contributed by atoms with Crippen LogP contribution >= 0.6 is 0 Å². The molecule has 1 saturated heterocycles. The van der Waals surface area contributed by atoms with Crippen molar-refractivity contribution in [3.63, 3.8) is 0 Å². The number of carbonyl (C=O) groups excluding carboxylic acids is 1. The molecule has 2 aromatic rings. The highest BCUT2D eigenvalue weighted by Gasteiger charge is 2.26. The minimum absolute atomic E-state index is 0.112. The predicted molar refractivity (Wildman–Crippen MR) is 70.1 cm³/mol. The average molecular weight is 274 g/mol. The van der Waals surface area contributed by atoms with Crippen LogP contribution in [-0.2, 0) is 9.47 Å². The van der Waals surface area contributed by atoms with Gasteiger partial charge in [0.15, 0.2) is 5.75 Å². The number of methoxy groups -OCH3 is 1. The fourth-order valence-corrected chi connectivity index (χ4v) is 1.76. The zero-order valence-corrected chi connectivity index (χ0v) is 11.0. The first-order valence-corrected chi connectivity index (χ1v) is 6.25. The molecular weight excluding hydrogens is 260 g/mol. The maximum atomic E-state index is 11.7. The molecule has 1 unspecified atom stereocenters. The van der Waals surface area contributed by atoms with Crippen LogP contribution in [0.3, 0.4) is 0 Å². The average Bonchev–Trinajstić information content (AvgIpc) is 3.23. The quantitative estimate of drug-likeness (QED) is 0.609. The number of esters is 1. The van der Waals surface area contributed by atoms with Crippen molar-refractivity contribution < 1.29 is 19.0 Å². The van der Waals surface area contributed by atoms with Crippen molar-refractivity contribution >= 4 is 5.97 Å². The fourth-order valence-electron chi connectivity index (χ4n) is 1.76. The van der Waals surface area contributed by atoms with E-state index in [-0.39, 0.29) is 11.8 Å². The number of aromatic nitrogens is 2.